The summed E-state index contributed by atoms with van der Waals surface area (Å²) in [5.41, 5.74) is 4.00. The van der Waals surface area contributed by atoms with Gasteiger partial charge in [0.25, 0.3) is 0 Å². The topological polar surface area (TPSA) is 83.6 Å². The largest absolute Gasteiger partial charge is 0.444 e. The van der Waals surface area contributed by atoms with Crippen molar-refractivity contribution < 1.29 is 14.3 Å². The van der Waals surface area contributed by atoms with Crippen LogP contribution in [0.2, 0.25) is 0 Å². The average molecular weight is 382 g/mol. The van der Waals surface area contributed by atoms with Crippen LogP contribution in [0.5, 0.6) is 0 Å². The zero-order chi connectivity index (χ0) is 20.3. The molecule has 0 aliphatic carbocycles. The number of carbonyl (C=O) groups excluding carboxylic acids is 2. The van der Waals surface area contributed by atoms with Gasteiger partial charge in [0.05, 0.1) is 11.9 Å². The third-order valence-electron chi connectivity index (χ3n) is 4.26. The number of pyridine rings is 1. The molecule has 0 unspecified atom stereocenters. The van der Waals surface area contributed by atoms with E-state index in [9.17, 15) is 9.59 Å². The molecule has 0 bridgehead atoms. The number of amides is 3. The van der Waals surface area contributed by atoms with Gasteiger partial charge in [0.1, 0.15) is 5.60 Å². The van der Waals surface area contributed by atoms with E-state index in [-0.39, 0.29) is 12.1 Å². The molecule has 2 heterocycles. The molecule has 1 aromatic heterocycles. The van der Waals surface area contributed by atoms with E-state index >= 15 is 0 Å². The van der Waals surface area contributed by atoms with Gasteiger partial charge in [0, 0.05) is 25.0 Å². The van der Waals surface area contributed by atoms with Crippen LogP contribution in [0.4, 0.5) is 21.0 Å². The molecule has 2 aromatic rings. The minimum atomic E-state index is -0.509. The molecule has 1 aliphatic rings. The van der Waals surface area contributed by atoms with Gasteiger partial charge in [-0.15, -0.1) is 0 Å². The Labute approximate surface area is 165 Å². The Hall–Kier alpha value is -3.09. The van der Waals surface area contributed by atoms with Crippen molar-refractivity contribution in [1.82, 2.24) is 9.88 Å². The van der Waals surface area contributed by atoms with Gasteiger partial charge in [-0.1, -0.05) is 6.07 Å². The van der Waals surface area contributed by atoms with Crippen LogP contribution in [-0.2, 0) is 17.7 Å². The first-order valence-electron chi connectivity index (χ1n) is 9.29. The van der Waals surface area contributed by atoms with Crippen molar-refractivity contribution in [3.05, 3.63) is 53.3 Å². The predicted molar refractivity (Wildman–Crippen MR) is 108 cm³/mol. The summed E-state index contributed by atoms with van der Waals surface area (Å²) in [5.74, 6) is 0. The summed E-state index contributed by atoms with van der Waals surface area (Å²) in [5, 5.41) is 5.61. The van der Waals surface area contributed by atoms with Crippen LogP contribution < -0.4 is 10.6 Å². The van der Waals surface area contributed by atoms with Crippen LogP contribution in [-0.4, -0.2) is 34.2 Å². The molecule has 0 spiro atoms. The first-order valence-corrected chi connectivity index (χ1v) is 9.29. The second-order valence-electron chi connectivity index (χ2n) is 7.97. The molecule has 3 amide bonds. The van der Waals surface area contributed by atoms with Crippen molar-refractivity contribution in [3.63, 3.8) is 0 Å². The number of nitrogens with zero attached hydrogens (tertiary/aromatic N) is 2. The number of benzene rings is 1. The summed E-state index contributed by atoms with van der Waals surface area (Å²) in [6.07, 6.45) is 3.75. The van der Waals surface area contributed by atoms with Gasteiger partial charge in [-0.3, -0.25) is 4.98 Å². The average Bonchev–Trinajstić information content (AvgIpc) is 2.59. The van der Waals surface area contributed by atoms with Gasteiger partial charge in [-0.05, 0) is 69.0 Å². The maximum absolute atomic E-state index is 12.3. The minimum Gasteiger partial charge on any atom is -0.444 e. The molecule has 2 N–H and O–H groups in total. The normalized spacial score (nSPS) is 13.5. The highest BCUT2D eigenvalue weighted by Gasteiger charge is 2.25. The quantitative estimate of drug-likeness (QED) is 0.810. The van der Waals surface area contributed by atoms with Crippen molar-refractivity contribution in [2.75, 3.05) is 17.2 Å². The standard InChI is InChI=1S/C21H26N4O3/c1-14-9-18(12-22-11-14)24-19(26)23-17-6-5-16-13-25(8-7-15(16)10-17)20(27)28-21(2,3)4/h5-6,9-12H,7-8,13H2,1-4H3,(H2,23,24,26). The summed E-state index contributed by atoms with van der Waals surface area (Å²) >= 11 is 0. The molecule has 3 rings (SSSR count). The Morgan fingerprint density at radius 3 is 2.54 bits per heavy atom. The van der Waals surface area contributed by atoms with Gasteiger partial charge < -0.3 is 20.3 Å². The molecule has 0 atom stereocenters. The molecule has 1 aliphatic heterocycles. The van der Waals surface area contributed by atoms with Gasteiger partial charge in [-0.25, -0.2) is 9.59 Å². The van der Waals surface area contributed by atoms with E-state index in [0.29, 0.717) is 30.9 Å². The van der Waals surface area contributed by atoms with E-state index in [4.69, 9.17) is 4.74 Å². The van der Waals surface area contributed by atoms with Gasteiger partial charge >= 0.3 is 12.1 Å². The van der Waals surface area contributed by atoms with Gasteiger partial charge in [-0.2, -0.15) is 0 Å². The van der Waals surface area contributed by atoms with E-state index in [0.717, 1.165) is 16.7 Å². The number of hydrogen-bond donors (Lipinski definition) is 2. The SMILES string of the molecule is Cc1cncc(NC(=O)Nc2ccc3c(c2)CCN(C(=O)OC(C)(C)C)C3)c1. The fraction of sp³-hybridized carbons (Fsp3) is 0.381. The van der Waals surface area contributed by atoms with Gasteiger partial charge in [0.2, 0.25) is 0 Å². The lowest BCUT2D eigenvalue weighted by Crippen LogP contribution is -2.39. The van der Waals surface area contributed by atoms with Crippen LogP contribution >= 0.6 is 0 Å². The lowest BCUT2D eigenvalue weighted by atomic mass is 9.99. The molecule has 0 saturated carbocycles. The molecular formula is C21H26N4O3. The number of rotatable bonds is 2. The highest BCUT2D eigenvalue weighted by molar-refractivity contribution is 5.99. The smallest absolute Gasteiger partial charge is 0.410 e. The maximum atomic E-state index is 12.3. The number of hydrogen-bond acceptors (Lipinski definition) is 4. The zero-order valence-electron chi connectivity index (χ0n) is 16.7. The molecule has 0 radical (unpaired) electrons. The predicted octanol–water partition coefficient (Wildman–Crippen LogP) is 4.33. The molecule has 7 heteroatoms. The molecular weight excluding hydrogens is 356 g/mol. The second kappa shape index (κ2) is 7.88. The highest BCUT2D eigenvalue weighted by Crippen LogP contribution is 2.24. The summed E-state index contributed by atoms with van der Waals surface area (Å²) in [6.45, 7) is 8.59. The number of urea groups is 1. The van der Waals surface area contributed by atoms with E-state index < -0.39 is 5.60 Å². The van der Waals surface area contributed by atoms with E-state index in [1.165, 1.54) is 0 Å². The van der Waals surface area contributed by atoms with Crippen molar-refractivity contribution >= 4 is 23.5 Å². The number of anilines is 2. The summed E-state index contributed by atoms with van der Waals surface area (Å²) in [7, 11) is 0. The van der Waals surface area contributed by atoms with Crippen LogP contribution in [0.15, 0.2) is 36.7 Å². The highest BCUT2D eigenvalue weighted by atomic mass is 16.6. The Balaban J connectivity index is 1.62. The van der Waals surface area contributed by atoms with Crippen LogP contribution in [0.1, 0.15) is 37.5 Å². The maximum Gasteiger partial charge on any atom is 0.410 e. The molecule has 0 saturated heterocycles. The molecule has 7 nitrogen and oxygen atoms in total. The number of aryl methyl sites for hydroxylation is 1. The fourth-order valence-electron chi connectivity index (χ4n) is 3.03. The first-order chi connectivity index (χ1) is 13.2. The lowest BCUT2D eigenvalue weighted by molar-refractivity contribution is 0.0224. The number of nitrogens with one attached hydrogen (secondary N) is 2. The van der Waals surface area contributed by atoms with E-state index in [1.807, 2.05) is 52.0 Å². The number of aromatic nitrogens is 1. The monoisotopic (exact) mass is 382 g/mol. The van der Waals surface area contributed by atoms with E-state index in [1.54, 1.807) is 17.3 Å². The van der Waals surface area contributed by atoms with Crippen molar-refractivity contribution in [2.45, 2.75) is 46.3 Å². The molecule has 28 heavy (non-hydrogen) atoms. The Morgan fingerprint density at radius 1 is 1.07 bits per heavy atom. The van der Waals surface area contributed by atoms with Crippen molar-refractivity contribution in [3.8, 4) is 0 Å². The van der Waals surface area contributed by atoms with Crippen LogP contribution in [0, 0.1) is 6.92 Å². The summed E-state index contributed by atoms with van der Waals surface area (Å²) in [4.78, 5) is 30.2. The third kappa shape index (κ3) is 5.22. The third-order valence-corrected chi connectivity index (χ3v) is 4.26. The minimum absolute atomic E-state index is 0.300. The summed E-state index contributed by atoms with van der Waals surface area (Å²) < 4.78 is 5.45. The van der Waals surface area contributed by atoms with E-state index in [2.05, 4.69) is 15.6 Å². The Bertz CT molecular complexity index is 889. The lowest BCUT2D eigenvalue weighted by Gasteiger charge is -2.31. The van der Waals surface area contributed by atoms with Crippen LogP contribution in [0.25, 0.3) is 0 Å². The first kappa shape index (κ1) is 19.7. The molecule has 0 fully saturated rings. The molecule has 148 valence electrons. The molecule has 1 aromatic carbocycles. The van der Waals surface area contributed by atoms with Gasteiger partial charge in [0.15, 0.2) is 0 Å². The number of ether oxygens (including phenoxy) is 1. The Morgan fingerprint density at radius 2 is 1.82 bits per heavy atom. The van der Waals surface area contributed by atoms with Crippen molar-refractivity contribution in [2.24, 2.45) is 0 Å². The van der Waals surface area contributed by atoms with Crippen LogP contribution in [0.3, 0.4) is 0 Å². The fourth-order valence-corrected chi connectivity index (χ4v) is 3.03. The Kier molecular flexibility index (Phi) is 5.53. The number of carbonyl (C=O) groups is 2. The van der Waals surface area contributed by atoms with Crippen molar-refractivity contribution in [1.29, 1.82) is 0 Å². The number of fused-ring (bicyclic) bond motifs is 1. The summed E-state index contributed by atoms with van der Waals surface area (Å²) in [6, 6.07) is 7.26. The second-order valence-corrected chi connectivity index (χ2v) is 7.97. The zero-order valence-corrected chi connectivity index (χ0v) is 16.7.